The monoisotopic (exact) mass is 301 g/mol. The molecule has 4 heteroatoms. The molecule has 0 saturated carbocycles. The van der Waals surface area contributed by atoms with Crippen LogP contribution >= 0.6 is 0 Å². The molecule has 0 aromatic heterocycles. The molecule has 2 aliphatic heterocycles. The van der Waals surface area contributed by atoms with Gasteiger partial charge in [-0.05, 0) is 65.4 Å². The molecule has 22 heavy (non-hydrogen) atoms. The molecule has 4 nitrogen and oxygen atoms in total. The number of anilines is 1. The third-order valence-electron chi connectivity index (χ3n) is 5.08. The van der Waals surface area contributed by atoms with Crippen molar-refractivity contribution in [3.05, 3.63) is 29.3 Å². The predicted octanol–water partition coefficient (Wildman–Crippen LogP) is 2.90. The third-order valence-corrected chi connectivity index (χ3v) is 5.08. The van der Waals surface area contributed by atoms with E-state index in [1.54, 1.807) is 0 Å². The van der Waals surface area contributed by atoms with Gasteiger partial charge in [-0.3, -0.25) is 4.90 Å². The lowest BCUT2D eigenvalue weighted by atomic mass is 9.74. The molecule has 2 heterocycles. The number of carbonyl (C=O) groups is 1. The van der Waals surface area contributed by atoms with Crippen LogP contribution in [0.4, 0.5) is 10.5 Å². The van der Waals surface area contributed by atoms with Gasteiger partial charge < -0.3 is 10.2 Å². The number of aryl methyl sites for hydroxylation is 1. The molecule has 1 spiro atoms. The van der Waals surface area contributed by atoms with Crippen molar-refractivity contribution in [1.29, 1.82) is 0 Å². The molecule has 1 fully saturated rings. The fourth-order valence-electron chi connectivity index (χ4n) is 3.76. The summed E-state index contributed by atoms with van der Waals surface area (Å²) in [5, 5.41) is 3.05. The van der Waals surface area contributed by atoms with E-state index in [-0.39, 0.29) is 17.5 Å². The highest BCUT2D eigenvalue weighted by molar-refractivity contribution is 5.95. The lowest BCUT2D eigenvalue weighted by Crippen LogP contribution is -2.48. The lowest BCUT2D eigenvalue weighted by molar-refractivity contribution is 0.195. The average molecular weight is 301 g/mol. The molecule has 2 amide bonds. The molecule has 1 aromatic rings. The van der Waals surface area contributed by atoms with Crippen molar-refractivity contribution in [2.75, 3.05) is 31.6 Å². The maximum atomic E-state index is 12.6. The SMILES string of the molecule is Cc1ccc2c(c1)C1(CCN(C)CC1)CN2C(=O)NC(C)C. The Kier molecular flexibility index (Phi) is 3.89. The van der Waals surface area contributed by atoms with Crippen molar-refractivity contribution in [2.24, 2.45) is 0 Å². The lowest BCUT2D eigenvalue weighted by Gasteiger charge is -2.38. The number of nitrogens with one attached hydrogen (secondary N) is 1. The van der Waals surface area contributed by atoms with E-state index in [4.69, 9.17) is 0 Å². The standard InChI is InChI=1S/C18H27N3O/c1-13(2)19-17(22)21-12-18(7-9-20(4)10-8-18)15-11-14(3)5-6-16(15)21/h5-6,11,13H,7-10,12H2,1-4H3,(H,19,22). The number of hydrogen-bond donors (Lipinski definition) is 1. The number of piperidine rings is 1. The van der Waals surface area contributed by atoms with Gasteiger partial charge in [0.05, 0.1) is 0 Å². The minimum absolute atomic E-state index is 0.0379. The first-order valence-corrected chi connectivity index (χ1v) is 8.29. The summed E-state index contributed by atoms with van der Waals surface area (Å²) in [4.78, 5) is 16.9. The third kappa shape index (κ3) is 2.60. The molecule has 1 aromatic carbocycles. The van der Waals surface area contributed by atoms with Crippen molar-refractivity contribution >= 4 is 11.7 Å². The Morgan fingerprint density at radius 3 is 2.59 bits per heavy atom. The van der Waals surface area contributed by atoms with Gasteiger partial charge in [0, 0.05) is 23.7 Å². The Hall–Kier alpha value is -1.55. The van der Waals surface area contributed by atoms with Gasteiger partial charge >= 0.3 is 6.03 Å². The van der Waals surface area contributed by atoms with Crippen LogP contribution in [0.25, 0.3) is 0 Å². The number of urea groups is 1. The molecule has 0 radical (unpaired) electrons. The van der Waals surface area contributed by atoms with E-state index in [2.05, 4.69) is 42.4 Å². The summed E-state index contributed by atoms with van der Waals surface area (Å²) in [6, 6.07) is 6.73. The predicted molar refractivity (Wildman–Crippen MR) is 90.6 cm³/mol. The van der Waals surface area contributed by atoms with Crippen molar-refractivity contribution < 1.29 is 4.79 Å². The highest BCUT2D eigenvalue weighted by Gasteiger charge is 2.45. The Morgan fingerprint density at radius 2 is 1.95 bits per heavy atom. The maximum Gasteiger partial charge on any atom is 0.322 e. The van der Waals surface area contributed by atoms with Crippen LogP contribution in [0.3, 0.4) is 0 Å². The molecule has 0 unspecified atom stereocenters. The Balaban J connectivity index is 1.96. The highest BCUT2D eigenvalue weighted by atomic mass is 16.2. The molecule has 0 aliphatic carbocycles. The molecule has 120 valence electrons. The summed E-state index contributed by atoms with van der Waals surface area (Å²) in [5.41, 5.74) is 3.90. The molecule has 0 atom stereocenters. The van der Waals surface area contributed by atoms with Crippen LogP contribution in [0, 0.1) is 6.92 Å². The topological polar surface area (TPSA) is 35.6 Å². The van der Waals surface area contributed by atoms with Crippen LogP contribution in [0.2, 0.25) is 0 Å². The number of nitrogens with zero attached hydrogens (tertiary/aromatic N) is 2. The van der Waals surface area contributed by atoms with E-state index in [9.17, 15) is 4.79 Å². The second-order valence-electron chi connectivity index (χ2n) is 7.29. The van der Waals surface area contributed by atoms with Crippen molar-refractivity contribution in [3.63, 3.8) is 0 Å². The smallest absolute Gasteiger partial charge is 0.322 e. The molecule has 0 bridgehead atoms. The first kappa shape index (κ1) is 15.3. The minimum Gasteiger partial charge on any atom is -0.336 e. The van der Waals surface area contributed by atoms with Crippen molar-refractivity contribution in [3.8, 4) is 0 Å². The zero-order valence-electron chi connectivity index (χ0n) is 14.1. The van der Waals surface area contributed by atoms with E-state index in [0.29, 0.717) is 0 Å². The highest BCUT2D eigenvalue weighted by Crippen LogP contribution is 2.47. The number of rotatable bonds is 1. The summed E-state index contributed by atoms with van der Waals surface area (Å²) in [6.07, 6.45) is 2.26. The molecule has 3 rings (SSSR count). The molecule has 1 saturated heterocycles. The fraction of sp³-hybridized carbons (Fsp3) is 0.611. The molecular weight excluding hydrogens is 274 g/mol. The minimum atomic E-state index is 0.0379. The summed E-state index contributed by atoms with van der Waals surface area (Å²) < 4.78 is 0. The van der Waals surface area contributed by atoms with Crippen LogP contribution in [0.5, 0.6) is 0 Å². The van der Waals surface area contributed by atoms with E-state index < -0.39 is 0 Å². The van der Waals surface area contributed by atoms with E-state index in [0.717, 1.165) is 38.2 Å². The number of likely N-dealkylation sites (tertiary alicyclic amines) is 1. The van der Waals surface area contributed by atoms with Crippen LogP contribution in [-0.2, 0) is 5.41 Å². The summed E-state index contributed by atoms with van der Waals surface area (Å²) in [7, 11) is 2.18. The van der Waals surface area contributed by atoms with Gasteiger partial charge in [-0.1, -0.05) is 17.7 Å². The Bertz CT molecular complexity index is 574. The molecular formula is C18H27N3O. The van der Waals surface area contributed by atoms with Crippen molar-refractivity contribution in [2.45, 2.75) is 45.1 Å². The fourth-order valence-corrected chi connectivity index (χ4v) is 3.76. The van der Waals surface area contributed by atoms with E-state index >= 15 is 0 Å². The van der Waals surface area contributed by atoms with Gasteiger partial charge in [-0.25, -0.2) is 4.79 Å². The summed E-state index contributed by atoms with van der Waals surface area (Å²) in [5.74, 6) is 0. The second kappa shape index (κ2) is 5.58. The first-order valence-electron chi connectivity index (χ1n) is 8.29. The number of fused-ring (bicyclic) bond motifs is 2. The van der Waals surface area contributed by atoms with Gasteiger partial charge in [0.1, 0.15) is 0 Å². The molecule has 1 N–H and O–H groups in total. The summed E-state index contributed by atoms with van der Waals surface area (Å²) in [6.45, 7) is 9.18. The largest absolute Gasteiger partial charge is 0.336 e. The van der Waals surface area contributed by atoms with E-state index in [1.807, 2.05) is 18.7 Å². The van der Waals surface area contributed by atoms with Gasteiger partial charge in [0.2, 0.25) is 0 Å². The van der Waals surface area contributed by atoms with E-state index in [1.165, 1.54) is 11.1 Å². The van der Waals surface area contributed by atoms with Crippen LogP contribution < -0.4 is 10.2 Å². The number of carbonyl (C=O) groups excluding carboxylic acids is 1. The number of amides is 2. The van der Waals surface area contributed by atoms with Crippen LogP contribution in [0.1, 0.15) is 37.8 Å². The maximum absolute atomic E-state index is 12.6. The number of benzene rings is 1. The van der Waals surface area contributed by atoms with Crippen LogP contribution in [-0.4, -0.2) is 43.7 Å². The second-order valence-corrected chi connectivity index (χ2v) is 7.29. The van der Waals surface area contributed by atoms with Gasteiger partial charge in [-0.15, -0.1) is 0 Å². The van der Waals surface area contributed by atoms with Gasteiger partial charge in [0.25, 0.3) is 0 Å². The zero-order valence-corrected chi connectivity index (χ0v) is 14.1. The van der Waals surface area contributed by atoms with Crippen molar-refractivity contribution in [1.82, 2.24) is 10.2 Å². The quantitative estimate of drug-likeness (QED) is 0.866. The average Bonchev–Trinajstić information content (AvgIpc) is 2.76. The summed E-state index contributed by atoms with van der Waals surface area (Å²) >= 11 is 0. The first-order chi connectivity index (χ1) is 10.4. The van der Waals surface area contributed by atoms with Gasteiger partial charge in [0.15, 0.2) is 0 Å². The molecule has 2 aliphatic rings. The zero-order chi connectivity index (χ0) is 15.9. The Morgan fingerprint density at radius 1 is 1.27 bits per heavy atom. The van der Waals surface area contributed by atoms with Gasteiger partial charge in [-0.2, -0.15) is 0 Å². The Labute approximate surface area is 133 Å². The normalized spacial score (nSPS) is 20.5. The van der Waals surface area contributed by atoms with Crippen LogP contribution in [0.15, 0.2) is 18.2 Å². The number of hydrogen-bond acceptors (Lipinski definition) is 2.